The summed E-state index contributed by atoms with van der Waals surface area (Å²) in [4.78, 5) is 17.0. The first-order chi connectivity index (χ1) is 21.6. The molecule has 240 valence electrons. The maximum Gasteiger partial charge on any atom is 0.163 e. The van der Waals surface area contributed by atoms with Gasteiger partial charge in [-0.15, -0.1) is 0 Å². The molecule has 10 nitrogen and oxygen atoms in total. The number of phenols is 3. The molecular formula is C35H42N2O8. The zero-order chi connectivity index (χ0) is 32.3. The molecule has 0 aliphatic carbocycles. The molecule has 0 saturated carbocycles. The number of ketones is 1. The van der Waals surface area contributed by atoms with Crippen LogP contribution in [0.25, 0.3) is 0 Å². The number of benzene rings is 3. The average Bonchev–Trinajstić information content (AvgIpc) is 3.53. The number of methoxy groups -OCH3 is 1. The molecule has 0 amide bonds. The summed E-state index contributed by atoms with van der Waals surface area (Å²) < 4.78 is 10.9. The molecule has 4 unspecified atom stereocenters. The summed E-state index contributed by atoms with van der Waals surface area (Å²) in [6.45, 7) is 2.04. The Labute approximate surface area is 262 Å². The molecule has 10 heteroatoms. The first-order valence-corrected chi connectivity index (χ1v) is 14.9. The lowest BCUT2D eigenvalue weighted by Gasteiger charge is -2.25. The number of nitrogens with one attached hydrogen (secondary N) is 2. The monoisotopic (exact) mass is 618 g/mol. The number of aromatic hydroxyl groups is 3. The standard InChI is InChI=1S/C35H42N2O8/c1-22(38)19-37-21-45-35-16-24(7-9-31(35)41)14-29(26-4-3-5-28(39)17-26)33(43)18-32(42)27(13-25-10-11-36-20-25)12-23-6-8-30(40)34(15-23)44-2/h3-11,15-17,20,22,27,29,32,36-42H,12-14,18-19,21H2,1-2H3. The number of Topliss-reactive ketones (excluding diaryl/α,β-unsaturated/α-hetero) is 1. The minimum atomic E-state index is -0.995. The SMILES string of the molecule is COc1cc(CC(Cc2cc[nH]c2)C(O)CC(=O)C(Cc2ccc(O)c(OCNCC(C)O)c2)c2cccc(O)c2)ccc1O. The summed E-state index contributed by atoms with van der Waals surface area (Å²) in [6.07, 6.45) is 3.19. The zero-order valence-electron chi connectivity index (χ0n) is 25.5. The molecule has 45 heavy (non-hydrogen) atoms. The molecular weight excluding hydrogens is 576 g/mol. The van der Waals surface area contributed by atoms with Crippen molar-refractivity contribution in [1.29, 1.82) is 0 Å². The van der Waals surface area contributed by atoms with Crippen LogP contribution in [-0.2, 0) is 24.1 Å². The Balaban J connectivity index is 1.55. The van der Waals surface area contributed by atoms with E-state index in [9.17, 15) is 30.3 Å². The summed E-state index contributed by atoms with van der Waals surface area (Å²) >= 11 is 0. The van der Waals surface area contributed by atoms with Gasteiger partial charge in [0.1, 0.15) is 18.3 Å². The van der Waals surface area contributed by atoms with E-state index in [4.69, 9.17) is 9.47 Å². The predicted octanol–water partition coefficient (Wildman–Crippen LogP) is 4.19. The highest BCUT2D eigenvalue weighted by Gasteiger charge is 2.29. The number of ether oxygens (including phenoxy) is 2. The number of hydrogen-bond donors (Lipinski definition) is 7. The topological polar surface area (TPSA) is 164 Å². The van der Waals surface area contributed by atoms with Gasteiger partial charge in [-0.25, -0.2) is 0 Å². The number of H-pyrrole nitrogens is 1. The molecule has 4 aromatic rings. The molecule has 0 bridgehead atoms. The van der Waals surface area contributed by atoms with Crippen molar-refractivity contribution >= 4 is 5.78 Å². The largest absolute Gasteiger partial charge is 0.508 e. The van der Waals surface area contributed by atoms with Gasteiger partial charge < -0.3 is 40.0 Å². The van der Waals surface area contributed by atoms with Gasteiger partial charge in [-0.1, -0.05) is 24.3 Å². The van der Waals surface area contributed by atoms with E-state index in [1.54, 1.807) is 55.5 Å². The lowest BCUT2D eigenvalue weighted by molar-refractivity contribution is -0.123. The summed E-state index contributed by atoms with van der Waals surface area (Å²) in [5.74, 6) is -0.688. The van der Waals surface area contributed by atoms with Gasteiger partial charge in [0.15, 0.2) is 23.0 Å². The van der Waals surface area contributed by atoms with Crippen LogP contribution in [0.2, 0.25) is 0 Å². The summed E-state index contributed by atoms with van der Waals surface area (Å²) in [5.41, 5.74) is 3.16. The fourth-order valence-electron chi connectivity index (χ4n) is 5.39. The molecule has 0 fully saturated rings. The Bertz CT molecular complexity index is 1520. The fraction of sp³-hybridized carbons (Fsp3) is 0.343. The van der Waals surface area contributed by atoms with Crippen LogP contribution < -0.4 is 14.8 Å². The van der Waals surface area contributed by atoms with Crippen LogP contribution in [0.3, 0.4) is 0 Å². The van der Waals surface area contributed by atoms with Crippen LogP contribution in [0.1, 0.15) is 41.5 Å². The van der Waals surface area contributed by atoms with Crippen molar-refractivity contribution in [2.75, 3.05) is 20.4 Å². The van der Waals surface area contributed by atoms with Crippen LogP contribution in [0.5, 0.6) is 28.7 Å². The third-order valence-electron chi connectivity index (χ3n) is 7.75. The average molecular weight is 619 g/mol. The van der Waals surface area contributed by atoms with Crippen LogP contribution >= 0.6 is 0 Å². The minimum Gasteiger partial charge on any atom is -0.508 e. The van der Waals surface area contributed by atoms with Gasteiger partial charge in [0.25, 0.3) is 0 Å². The highest BCUT2D eigenvalue weighted by atomic mass is 16.5. The van der Waals surface area contributed by atoms with Crippen LogP contribution in [-0.4, -0.2) is 68.9 Å². The highest BCUT2D eigenvalue weighted by Crippen LogP contribution is 2.33. The lowest BCUT2D eigenvalue weighted by Crippen LogP contribution is -2.30. The van der Waals surface area contributed by atoms with Gasteiger partial charge >= 0.3 is 0 Å². The molecule has 4 atom stereocenters. The molecule has 0 saturated heterocycles. The van der Waals surface area contributed by atoms with Crippen molar-refractivity contribution in [3.05, 3.63) is 101 Å². The Hall–Kier alpha value is -4.51. The number of phenolic OH excluding ortho intramolecular Hbond substituents is 3. The first kappa shape index (κ1) is 33.4. The molecule has 0 spiro atoms. The number of carbonyl (C=O) groups excluding carboxylic acids is 1. The van der Waals surface area contributed by atoms with Gasteiger partial charge in [0.05, 0.1) is 19.3 Å². The van der Waals surface area contributed by atoms with Crippen molar-refractivity contribution in [2.45, 2.75) is 50.7 Å². The van der Waals surface area contributed by atoms with Crippen molar-refractivity contribution in [1.82, 2.24) is 10.3 Å². The molecule has 1 heterocycles. The second-order valence-electron chi connectivity index (χ2n) is 11.4. The van der Waals surface area contributed by atoms with E-state index in [1.165, 1.54) is 19.2 Å². The van der Waals surface area contributed by atoms with Crippen molar-refractivity contribution in [2.24, 2.45) is 5.92 Å². The van der Waals surface area contributed by atoms with Crippen molar-refractivity contribution in [3.8, 4) is 28.7 Å². The maximum absolute atomic E-state index is 14.0. The van der Waals surface area contributed by atoms with Gasteiger partial charge in [-0.05, 0) is 96.8 Å². The van der Waals surface area contributed by atoms with E-state index in [-0.39, 0.29) is 54.3 Å². The molecule has 0 aliphatic rings. The molecule has 0 aliphatic heterocycles. The van der Waals surface area contributed by atoms with E-state index in [0.29, 0.717) is 30.7 Å². The molecule has 7 N–H and O–H groups in total. The van der Waals surface area contributed by atoms with E-state index in [1.807, 2.05) is 18.5 Å². The Morgan fingerprint density at radius 3 is 2.22 bits per heavy atom. The Morgan fingerprint density at radius 2 is 1.56 bits per heavy atom. The normalized spacial score (nSPS) is 14.0. The van der Waals surface area contributed by atoms with E-state index in [0.717, 1.165) is 16.7 Å². The Morgan fingerprint density at radius 1 is 0.867 bits per heavy atom. The lowest BCUT2D eigenvalue weighted by atomic mass is 9.81. The number of aromatic amines is 1. The molecule has 4 rings (SSSR count). The van der Waals surface area contributed by atoms with Crippen molar-refractivity contribution < 1.29 is 39.8 Å². The van der Waals surface area contributed by atoms with Crippen LogP contribution in [0, 0.1) is 5.92 Å². The van der Waals surface area contributed by atoms with E-state index >= 15 is 0 Å². The summed E-state index contributed by atoms with van der Waals surface area (Å²) in [7, 11) is 1.48. The third kappa shape index (κ3) is 9.74. The Kier molecular flexibility index (Phi) is 11.9. The van der Waals surface area contributed by atoms with Gasteiger partial charge in [0, 0.05) is 31.3 Å². The van der Waals surface area contributed by atoms with Crippen LogP contribution in [0.15, 0.2) is 79.1 Å². The van der Waals surface area contributed by atoms with Crippen LogP contribution in [0.4, 0.5) is 0 Å². The first-order valence-electron chi connectivity index (χ1n) is 14.9. The predicted molar refractivity (Wildman–Crippen MR) is 170 cm³/mol. The van der Waals surface area contributed by atoms with E-state index < -0.39 is 18.1 Å². The number of rotatable bonds is 17. The summed E-state index contributed by atoms with van der Waals surface area (Å²) in [5, 5.41) is 54.5. The number of hydrogen-bond acceptors (Lipinski definition) is 9. The molecule has 3 aromatic carbocycles. The van der Waals surface area contributed by atoms with Crippen molar-refractivity contribution in [3.63, 3.8) is 0 Å². The molecule has 0 radical (unpaired) electrons. The number of aromatic nitrogens is 1. The van der Waals surface area contributed by atoms with Gasteiger partial charge in [-0.2, -0.15) is 0 Å². The smallest absolute Gasteiger partial charge is 0.163 e. The number of carbonyl (C=O) groups is 1. The summed E-state index contributed by atoms with van der Waals surface area (Å²) in [6, 6.07) is 18.4. The van der Waals surface area contributed by atoms with Gasteiger partial charge in [-0.3, -0.25) is 10.1 Å². The second kappa shape index (κ2) is 16.0. The number of aliphatic hydroxyl groups is 2. The third-order valence-corrected chi connectivity index (χ3v) is 7.75. The quantitative estimate of drug-likeness (QED) is 0.0679. The number of aliphatic hydroxyl groups excluding tert-OH is 2. The maximum atomic E-state index is 14.0. The molecule has 1 aromatic heterocycles. The fourth-order valence-corrected chi connectivity index (χ4v) is 5.39. The van der Waals surface area contributed by atoms with E-state index in [2.05, 4.69) is 10.3 Å². The second-order valence-corrected chi connectivity index (χ2v) is 11.4. The van der Waals surface area contributed by atoms with Gasteiger partial charge in [0.2, 0.25) is 0 Å². The highest BCUT2D eigenvalue weighted by molar-refractivity contribution is 5.86. The minimum absolute atomic E-state index is 0.0203. The zero-order valence-corrected chi connectivity index (χ0v) is 25.5.